The topological polar surface area (TPSA) is 212 Å². The Morgan fingerprint density at radius 2 is 0.773 bits per heavy atom. The summed E-state index contributed by atoms with van der Waals surface area (Å²) in [5, 5.41) is 23.4. The third-order valence-corrected chi connectivity index (χ3v) is 11.3. The Morgan fingerprint density at radius 3 is 1.21 bits per heavy atom. The lowest BCUT2D eigenvalue weighted by molar-refractivity contribution is 0.174. The van der Waals surface area contributed by atoms with Gasteiger partial charge >= 0.3 is 5.76 Å². The molecule has 0 amide bonds. The zero-order valence-electron chi connectivity index (χ0n) is 86.2. The molecule has 0 spiro atoms. The molecular weight excluding hydrogens is 1630 g/mol. The number of nitrogens with zero attached hydrogens (tertiary/aromatic N) is 16. The maximum absolute atomic E-state index is 10.9. The van der Waals surface area contributed by atoms with Crippen molar-refractivity contribution in [2.24, 2.45) is 76.7 Å². The SMILES string of the molecule is C.C.C.C.C.C.C.C.C1=Nc2ccccc2C1.CC.CC.CC.CC.CC.CC.CC.CC.CC(C)C.CC(C)C.CC(C)C.CC(C)C.CC(C)C.CC(C)C.CC(C)C.CC(C)C.CC1N=Nc2cccnc21.Cn1c(=O)oc2ccccc21.Cn1ncc2ncccc21.c1ccc2c(c1)OCO2.c1ccn2ccnc2c1.c1ccn2cnnc2c1.c1ccn2ncnc2c1. The molecule has 0 fully saturated rings. The van der Waals surface area contributed by atoms with Crippen molar-refractivity contribution in [3.63, 3.8) is 0 Å². The van der Waals surface area contributed by atoms with E-state index in [-0.39, 0.29) is 71.2 Å². The van der Waals surface area contributed by atoms with Gasteiger partial charge in [0.1, 0.15) is 35.5 Å². The minimum atomic E-state index is -0.314. The molecule has 3 aromatic carbocycles. The molecule has 10 aromatic heterocycles. The molecule has 13 aromatic rings. The van der Waals surface area contributed by atoms with Crippen LogP contribution in [0.15, 0.2) is 238 Å². The minimum absolute atomic E-state index is 0. The standard InChI is InChI=1S/C8H7NO2.C8H7N.2C7H7N3.C7H6N2.C7H6O2.2C6H5N3.8C4H10.8C2H6.8CH4/c1-9-6-4-2-3-5-7(6)11-8(9)10;1-2-4-8-7(3-1)5-6-9-8;1-10-7-3-2-4-8-6(7)5-9-10;1-5-7-6(10-9-5)3-2-4-8-7;1-2-5-9-6-4-8-7(9)3-1;1-2-4-7-6(3-1)8-5-9-7;1-2-4-9-5-7-8-6(9)3-1;1-2-4-9-6(3-1)7-5-8-9;8*1-4(2)3;8*1-2;;;;;;;;/h2-5H,1H3;1-4,6H,5H2;2*2-5H,1H3;1-6H;1-4H,5H2;2*1-5H;8*4H,1-3H3;8*1-2H3;8*1H4. The fraction of sp³-hybridized carbons (Fsp3) is 0.554. The summed E-state index contributed by atoms with van der Waals surface area (Å²) in [5.74, 6) is 8.04. The highest BCUT2D eigenvalue weighted by Crippen LogP contribution is 2.33. The van der Waals surface area contributed by atoms with Gasteiger partial charge in [-0.2, -0.15) is 20.4 Å². The summed E-state index contributed by atoms with van der Waals surface area (Å²) >= 11 is 0. The molecule has 1 unspecified atom stereocenters. The van der Waals surface area contributed by atoms with Gasteiger partial charge in [-0.1, -0.05) is 397 Å². The molecule has 20 heteroatoms. The van der Waals surface area contributed by atoms with Gasteiger partial charge in [-0.15, -0.1) is 10.2 Å². The summed E-state index contributed by atoms with van der Waals surface area (Å²) in [4.78, 5) is 31.4. The van der Waals surface area contributed by atoms with E-state index >= 15 is 0 Å². The number of rotatable bonds is 0. The molecule has 0 saturated carbocycles. The summed E-state index contributed by atoms with van der Waals surface area (Å²) in [6.07, 6.45) is 20.9. The number of hydrogen-bond acceptors (Lipinski definition) is 15. The van der Waals surface area contributed by atoms with Crippen LogP contribution in [0.1, 0.15) is 361 Å². The zero-order valence-corrected chi connectivity index (χ0v) is 86.2. The number of ether oxygens (including phenoxy) is 2. The second-order valence-electron chi connectivity index (χ2n) is 30.2. The predicted octanol–water partition coefficient (Wildman–Crippen LogP) is 37.1. The number of para-hydroxylation sites is 5. The van der Waals surface area contributed by atoms with E-state index < -0.39 is 0 Å². The van der Waals surface area contributed by atoms with Gasteiger partial charge in [0.25, 0.3) is 0 Å². The second-order valence-corrected chi connectivity index (χ2v) is 30.2. The van der Waals surface area contributed by atoms with Crippen molar-refractivity contribution in [2.45, 2.75) is 356 Å². The monoisotopic (exact) mass is 1840 g/mol. The number of aliphatic imine (C=N–C) groups is 1. The Balaban J connectivity index is -0.0000000775. The van der Waals surface area contributed by atoms with E-state index in [0.717, 1.165) is 116 Å². The normalized spacial score (nSPS) is 9.80. The molecule has 0 saturated heterocycles. The molecule has 0 radical (unpaired) electrons. The molecule has 0 aliphatic carbocycles. The van der Waals surface area contributed by atoms with Crippen LogP contribution >= 0.6 is 0 Å². The zero-order chi connectivity index (χ0) is 96.9. The van der Waals surface area contributed by atoms with Gasteiger partial charge in [-0.05, 0) is 151 Å². The van der Waals surface area contributed by atoms with Crippen LogP contribution in [0.3, 0.4) is 0 Å². The highest BCUT2D eigenvalue weighted by atomic mass is 16.7. The number of pyridine rings is 5. The molecule has 0 N–H and O–H groups in total. The van der Waals surface area contributed by atoms with Crippen LogP contribution in [0.4, 0.5) is 11.4 Å². The van der Waals surface area contributed by atoms with E-state index in [1.54, 1.807) is 48.7 Å². The summed E-state index contributed by atoms with van der Waals surface area (Å²) in [7, 11) is 3.60. The third-order valence-electron chi connectivity index (χ3n) is 11.3. The van der Waals surface area contributed by atoms with Gasteiger partial charge in [0.15, 0.2) is 28.4 Å². The Bertz CT molecular complexity index is 4130. The average Bonchev–Trinajstić information content (AvgIpc) is 1.67. The fourth-order valence-corrected chi connectivity index (χ4v) is 7.38. The van der Waals surface area contributed by atoms with E-state index in [2.05, 4.69) is 228 Å². The third kappa shape index (κ3) is 88.8. The van der Waals surface area contributed by atoms with Gasteiger partial charge < -0.3 is 18.3 Å². The maximum Gasteiger partial charge on any atom is 0.419 e. The lowest BCUT2D eigenvalue weighted by atomic mass is 10.2. The molecule has 20 nitrogen and oxygen atoms in total. The molecule has 16 rings (SSSR count). The van der Waals surface area contributed by atoms with Crippen molar-refractivity contribution in [1.29, 1.82) is 0 Å². The number of oxazole rings is 1. The average molecular weight is 1850 g/mol. The van der Waals surface area contributed by atoms with Crippen LogP contribution in [0.5, 0.6) is 11.5 Å². The van der Waals surface area contributed by atoms with Crippen molar-refractivity contribution < 1.29 is 13.9 Å². The lowest BCUT2D eigenvalue weighted by Crippen LogP contribution is -2.08. The highest BCUT2D eigenvalue weighted by molar-refractivity contribution is 5.75. The van der Waals surface area contributed by atoms with Crippen LogP contribution < -0.4 is 15.2 Å². The Labute approximate surface area is 815 Å². The number of fused-ring (bicyclic) bond motifs is 8. The van der Waals surface area contributed by atoms with Crippen molar-refractivity contribution in [1.82, 2.24) is 62.9 Å². The first-order chi connectivity index (χ1) is 59.2. The van der Waals surface area contributed by atoms with E-state index in [1.165, 1.54) is 16.5 Å². The number of aryl methyl sites for hydroxylation is 2. The van der Waals surface area contributed by atoms with Crippen LogP contribution in [0, 0.1) is 47.3 Å². The summed E-state index contributed by atoms with van der Waals surface area (Å²) < 4.78 is 23.9. The molecular formula is C112H210N16O4. The molecule has 132 heavy (non-hydrogen) atoms. The van der Waals surface area contributed by atoms with Crippen LogP contribution in [0.2, 0.25) is 0 Å². The molecule has 1 atom stereocenters. The smallest absolute Gasteiger partial charge is 0.419 e. The highest BCUT2D eigenvalue weighted by Gasteiger charge is 2.16. The Hall–Kier alpha value is -10.5. The predicted molar refractivity (Wildman–Crippen MR) is 598 cm³/mol. The summed E-state index contributed by atoms with van der Waals surface area (Å²) in [6.45, 7) is 86.3. The van der Waals surface area contributed by atoms with Crippen LogP contribution in [-0.2, 0) is 20.5 Å². The Kier molecular flexibility index (Phi) is 131. The van der Waals surface area contributed by atoms with Crippen LogP contribution in [0.25, 0.3) is 39.1 Å². The van der Waals surface area contributed by atoms with E-state index in [1.807, 2.05) is 309 Å². The van der Waals surface area contributed by atoms with Gasteiger partial charge in [0.05, 0.1) is 28.6 Å². The number of hydrogen-bond donors (Lipinski definition) is 0. The number of benzene rings is 3. The van der Waals surface area contributed by atoms with E-state index in [9.17, 15) is 4.79 Å². The molecule has 13 heterocycles. The number of azo groups is 1. The van der Waals surface area contributed by atoms with Gasteiger partial charge in [0.2, 0.25) is 6.79 Å². The van der Waals surface area contributed by atoms with Crippen molar-refractivity contribution >= 4 is 56.7 Å². The lowest BCUT2D eigenvalue weighted by Gasteiger charge is -1.95. The minimum Gasteiger partial charge on any atom is -0.454 e. The largest absolute Gasteiger partial charge is 0.454 e. The van der Waals surface area contributed by atoms with Crippen molar-refractivity contribution in [2.75, 3.05) is 6.79 Å². The van der Waals surface area contributed by atoms with E-state index in [4.69, 9.17) is 13.9 Å². The summed E-state index contributed by atoms with van der Waals surface area (Å²) in [5.41, 5.74) is 10.6. The molecule has 762 valence electrons. The van der Waals surface area contributed by atoms with Gasteiger partial charge in [-0.3, -0.25) is 28.6 Å². The molecule has 3 aliphatic rings. The van der Waals surface area contributed by atoms with Crippen molar-refractivity contribution in [3.05, 3.63) is 236 Å². The maximum atomic E-state index is 10.9. The number of aromatic nitrogens is 13. The fourth-order valence-electron chi connectivity index (χ4n) is 7.38. The molecule has 0 bridgehead atoms. The number of imidazole rings is 1. The summed E-state index contributed by atoms with van der Waals surface area (Å²) in [6, 6.07) is 48.5. The van der Waals surface area contributed by atoms with E-state index in [0.29, 0.717) is 12.4 Å². The van der Waals surface area contributed by atoms with Crippen molar-refractivity contribution in [3.8, 4) is 11.5 Å². The van der Waals surface area contributed by atoms with Crippen LogP contribution in [-0.4, -0.2) is 75.9 Å². The first-order valence-corrected chi connectivity index (χ1v) is 45.7. The quantitative estimate of drug-likeness (QED) is 0.139. The second kappa shape index (κ2) is 109. The Morgan fingerprint density at radius 1 is 0.379 bits per heavy atom. The van der Waals surface area contributed by atoms with Gasteiger partial charge in [0, 0.05) is 70.1 Å². The van der Waals surface area contributed by atoms with Gasteiger partial charge in [-0.25, -0.2) is 19.3 Å². The first-order valence-electron chi connectivity index (χ1n) is 45.7. The molecule has 3 aliphatic heterocycles. The first kappa shape index (κ1) is 159.